The first-order chi connectivity index (χ1) is 5.90. The van der Waals surface area contributed by atoms with E-state index in [1.165, 1.54) is 25.0 Å². The third kappa shape index (κ3) is 2.15. The Kier molecular flexibility index (Phi) is 2.94. The molecule has 1 saturated carbocycles. The van der Waals surface area contributed by atoms with Gasteiger partial charge in [-0.1, -0.05) is 0 Å². The zero-order valence-corrected chi connectivity index (χ0v) is 8.15. The normalized spacial score (nSPS) is 36.8. The number of thioether (sulfide) groups is 1. The van der Waals surface area contributed by atoms with E-state index in [0.717, 1.165) is 11.8 Å². The van der Waals surface area contributed by atoms with Crippen molar-refractivity contribution >= 4 is 11.8 Å². The Morgan fingerprint density at radius 1 is 1.33 bits per heavy atom. The molecule has 2 rings (SSSR count). The van der Waals surface area contributed by atoms with Crippen molar-refractivity contribution in [3.05, 3.63) is 0 Å². The van der Waals surface area contributed by atoms with Gasteiger partial charge in [-0.3, -0.25) is 0 Å². The molecule has 0 aromatic heterocycles. The van der Waals surface area contributed by atoms with Crippen LogP contribution in [0.3, 0.4) is 0 Å². The zero-order chi connectivity index (χ0) is 8.39. The summed E-state index contributed by atoms with van der Waals surface area (Å²) in [6.45, 7) is 0.359. The average Bonchev–Trinajstić information content (AvgIpc) is 2.89. The van der Waals surface area contributed by atoms with Gasteiger partial charge in [0.05, 0.1) is 0 Å². The van der Waals surface area contributed by atoms with Crippen molar-refractivity contribution in [2.75, 3.05) is 18.1 Å². The third-order valence-electron chi connectivity index (χ3n) is 2.74. The van der Waals surface area contributed by atoms with E-state index < -0.39 is 0 Å². The molecule has 12 heavy (non-hydrogen) atoms. The van der Waals surface area contributed by atoms with Gasteiger partial charge < -0.3 is 10.4 Å². The fourth-order valence-corrected chi connectivity index (χ4v) is 2.98. The van der Waals surface area contributed by atoms with Gasteiger partial charge in [-0.25, -0.2) is 0 Å². The molecule has 0 amide bonds. The van der Waals surface area contributed by atoms with Crippen molar-refractivity contribution in [3.8, 4) is 0 Å². The van der Waals surface area contributed by atoms with Crippen LogP contribution in [0.25, 0.3) is 0 Å². The quantitative estimate of drug-likeness (QED) is 0.687. The standard InChI is InChI=1S/C9H17NOS/c11-5-7-6-12-4-3-9(7)10-8-1-2-8/h7-11H,1-6H2. The minimum absolute atomic E-state index is 0.359. The third-order valence-corrected chi connectivity index (χ3v) is 3.92. The molecular weight excluding hydrogens is 170 g/mol. The summed E-state index contributed by atoms with van der Waals surface area (Å²) in [5, 5.41) is 12.8. The van der Waals surface area contributed by atoms with E-state index in [4.69, 9.17) is 5.11 Å². The number of aliphatic hydroxyl groups is 1. The van der Waals surface area contributed by atoms with Crippen LogP contribution >= 0.6 is 11.8 Å². The van der Waals surface area contributed by atoms with Crippen LogP contribution in [0.15, 0.2) is 0 Å². The van der Waals surface area contributed by atoms with Crippen LogP contribution in [0.5, 0.6) is 0 Å². The molecule has 2 atom stereocenters. The Morgan fingerprint density at radius 2 is 2.17 bits per heavy atom. The molecular formula is C9H17NOS. The first-order valence-electron chi connectivity index (χ1n) is 4.85. The predicted molar refractivity (Wildman–Crippen MR) is 52.5 cm³/mol. The Labute approximate surface area is 78.1 Å². The monoisotopic (exact) mass is 187 g/mol. The van der Waals surface area contributed by atoms with Crippen LogP contribution in [0, 0.1) is 5.92 Å². The molecule has 3 heteroatoms. The van der Waals surface area contributed by atoms with Gasteiger partial charge in [-0.05, 0) is 30.8 Å². The second-order valence-electron chi connectivity index (χ2n) is 3.85. The molecule has 2 unspecified atom stereocenters. The molecule has 2 fully saturated rings. The number of nitrogens with one attached hydrogen (secondary N) is 1. The van der Waals surface area contributed by atoms with E-state index >= 15 is 0 Å². The highest BCUT2D eigenvalue weighted by molar-refractivity contribution is 7.99. The van der Waals surface area contributed by atoms with Crippen LogP contribution < -0.4 is 5.32 Å². The molecule has 2 N–H and O–H groups in total. The lowest BCUT2D eigenvalue weighted by Crippen LogP contribution is -2.43. The molecule has 0 bridgehead atoms. The molecule has 1 aliphatic carbocycles. The second kappa shape index (κ2) is 3.99. The summed E-state index contributed by atoms with van der Waals surface area (Å²) in [7, 11) is 0. The van der Waals surface area contributed by atoms with Crippen molar-refractivity contribution in [2.45, 2.75) is 31.3 Å². The smallest absolute Gasteiger partial charge is 0.0482 e. The van der Waals surface area contributed by atoms with Crippen molar-refractivity contribution < 1.29 is 5.11 Å². The highest BCUT2D eigenvalue weighted by atomic mass is 32.2. The average molecular weight is 187 g/mol. The number of rotatable bonds is 3. The van der Waals surface area contributed by atoms with Crippen LogP contribution in [0.1, 0.15) is 19.3 Å². The van der Waals surface area contributed by atoms with Gasteiger partial charge in [0.1, 0.15) is 0 Å². The molecule has 2 aliphatic rings. The minimum atomic E-state index is 0.359. The Morgan fingerprint density at radius 3 is 2.83 bits per heavy atom. The largest absolute Gasteiger partial charge is 0.396 e. The summed E-state index contributed by atoms with van der Waals surface area (Å²) in [5.74, 6) is 2.91. The van der Waals surface area contributed by atoms with Crippen molar-refractivity contribution in [2.24, 2.45) is 5.92 Å². The molecule has 0 radical (unpaired) electrons. The first kappa shape index (κ1) is 8.85. The van der Waals surface area contributed by atoms with Gasteiger partial charge >= 0.3 is 0 Å². The Hall–Kier alpha value is 0.270. The minimum Gasteiger partial charge on any atom is -0.396 e. The maximum Gasteiger partial charge on any atom is 0.0482 e. The zero-order valence-electron chi connectivity index (χ0n) is 7.33. The van der Waals surface area contributed by atoms with Crippen LogP contribution in [0.4, 0.5) is 0 Å². The second-order valence-corrected chi connectivity index (χ2v) is 5.00. The van der Waals surface area contributed by atoms with Gasteiger partial charge in [-0.2, -0.15) is 11.8 Å². The lowest BCUT2D eigenvalue weighted by molar-refractivity contribution is 0.198. The van der Waals surface area contributed by atoms with Gasteiger partial charge in [-0.15, -0.1) is 0 Å². The van der Waals surface area contributed by atoms with Crippen molar-refractivity contribution in [1.82, 2.24) is 5.32 Å². The first-order valence-corrected chi connectivity index (χ1v) is 6.00. The van der Waals surface area contributed by atoms with E-state index in [2.05, 4.69) is 5.32 Å². The van der Waals surface area contributed by atoms with E-state index in [0.29, 0.717) is 18.6 Å². The summed E-state index contributed by atoms with van der Waals surface area (Å²) in [6.07, 6.45) is 3.94. The van der Waals surface area contributed by atoms with E-state index in [1.54, 1.807) is 0 Å². The maximum absolute atomic E-state index is 9.14. The number of hydrogen-bond acceptors (Lipinski definition) is 3. The van der Waals surface area contributed by atoms with Crippen LogP contribution in [-0.2, 0) is 0 Å². The molecule has 0 spiro atoms. The Bertz CT molecular complexity index is 149. The van der Waals surface area contributed by atoms with E-state index in [1.807, 2.05) is 11.8 Å². The predicted octanol–water partition coefficient (Wildman–Crippen LogP) is 0.852. The Balaban J connectivity index is 1.81. The molecule has 1 aliphatic heterocycles. The van der Waals surface area contributed by atoms with Crippen molar-refractivity contribution in [3.63, 3.8) is 0 Å². The van der Waals surface area contributed by atoms with E-state index in [-0.39, 0.29) is 0 Å². The molecule has 0 aromatic rings. The topological polar surface area (TPSA) is 32.3 Å². The fourth-order valence-electron chi connectivity index (χ4n) is 1.75. The molecule has 0 aromatic carbocycles. The summed E-state index contributed by atoms with van der Waals surface area (Å²) in [5.41, 5.74) is 0. The van der Waals surface area contributed by atoms with E-state index in [9.17, 15) is 0 Å². The maximum atomic E-state index is 9.14. The SMILES string of the molecule is OCC1CSCCC1NC1CC1. The summed E-state index contributed by atoms with van der Waals surface area (Å²) in [4.78, 5) is 0. The number of hydrogen-bond donors (Lipinski definition) is 2. The summed E-state index contributed by atoms with van der Waals surface area (Å²) in [6, 6.07) is 1.39. The highest BCUT2D eigenvalue weighted by Crippen LogP contribution is 2.27. The summed E-state index contributed by atoms with van der Waals surface area (Å²) >= 11 is 1.98. The highest BCUT2D eigenvalue weighted by Gasteiger charge is 2.30. The molecule has 70 valence electrons. The van der Waals surface area contributed by atoms with Crippen LogP contribution in [-0.4, -0.2) is 35.3 Å². The van der Waals surface area contributed by atoms with Gasteiger partial charge in [0.15, 0.2) is 0 Å². The van der Waals surface area contributed by atoms with Gasteiger partial charge in [0.2, 0.25) is 0 Å². The fraction of sp³-hybridized carbons (Fsp3) is 1.00. The molecule has 1 heterocycles. The van der Waals surface area contributed by atoms with Crippen molar-refractivity contribution in [1.29, 1.82) is 0 Å². The van der Waals surface area contributed by atoms with Crippen LogP contribution in [0.2, 0.25) is 0 Å². The lowest BCUT2D eigenvalue weighted by atomic mass is 10.00. The summed E-state index contributed by atoms with van der Waals surface area (Å²) < 4.78 is 0. The number of aliphatic hydroxyl groups excluding tert-OH is 1. The molecule has 1 saturated heterocycles. The van der Waals surface area contributed by atoms with Gasteiger partial charge in [0.25, 0.3) is 0 Å². The lowest BCUT2D eigenvalue weighted by Gasteiger charge is -2.30. The van der Waals surface area contributed by atoms with Gasteiger partial charge in [0, 0.05) is 24.6 Å². The molecule has 2 nitrogen and oxygen atoms in total.